The molecule has 0 aromatic carbocycles. The Morgan fingerprint density at radius 1 is 1.47 bits per heavy atom. The summed E-state index contributed by atoms with van der Waals surface area (Å²) in [5, 5.41) is 2.88. The summed E-state index contributed by atoms with van der Waals surface area (Å²) in [6, 6.07) is 0.0234. The molecule has 0 aliphatic carbocycles. The first-order chi connectivity index (χ1) is 8.17. The quantitative estimate of drug-likeness (QED) is 0.446. The maximum Gasteiger partial charge on any atom is 0.236 e. The number of nitrogens with one attached hydrogen (secondary N) is 1. The number of nitrogens with zero attached hydrogens (tertiary/aromatic N) is 1. The van der Waals surface area contributed by atoms with Gasteiger partial charge in [0.15, 0.2) is 0 Å². The summed E-state index contributed by atoms with van der Waals surface area (Å²) in [6.45, 7) is 4.14. The number of carbonyl (C=O) groups excluding carboxylic acids is 1. The predicted molar refractivity (Wildman–Crippen MR) is 66.6 cm³/mol. The van der Waals surface area contributed by atoms with Crippen LogP contribution in [0.1, 0.15) is 6.92 Å². The molecule has 0 aromatic rings. The zero-order valence-electron chi connectivity index (χ0n) is 10.9. The first kappa shape index (κ1) is 15.9. The molecule has 0 radical (unpaired) electrons. The van der Waals surface area contributed by atoms with Gasteiger partial charge in [0.25, 0.3) is 0 Å². The van der Waals surface area contributed by atoms with Crippen molar-refractivity contribution in [2.75, 3.05) is 47.1 Å². The number of carbonyl (C=O) groups is 1. The first-order valence-electron chi connectivity index (χ1n) is 5.58. The van der Waals surface area contributed by atoms with E-state index in [0.717, 1.165) is 0 Å². The first-order valence-corrected chi connectivity index (χ1v) is 5.58. The molecule has 0 aromatic heterocycles. The van der Waals surface area contributed by atoms with E-state index < -0.39 is 0 Å². The topological polar surface area (TPSA) is 50.8 Å². The van der Waals surface area contributed by atoms with Crippen molar-refractivity contribution in [2.45, 2.75) is 13.0 Å². The highest BCUT2D eigenvalue weighted by molar-refractivity contribution is 5.78. The summed E-state index contributed by atoms with van der Waals surface area (Å²) in [6.07, 6.45) is 5.10. The summed E-state index contributed by atoms with van der Waals surface area (Å²) in [5.41, 5.74) is 0. The molecule has 0 rings (SSSR count). The number of amides is 1. The van der Waals surface area contributed by atoms with Crippen LogP contribution in [-0.2, 0) is 14.3 Å². The molecule has 1 N–H and O–H groups in total. The van der Waals surface area contributed by atoms with Crippen LogP contribution in [0.2, 0.25) is 0 Å². The van der Waals surface area contributed by atoms with E-state index in [2.05, 4.69) is 11.2 Å². The van der Waals surface area contributed by atoms with E-state index in [1.807, 2.05) is 6.92 Å². The van der Waals surface area contributed by atoms with Crippen LogP contribution < -0.4 is 5.32 Å². The van der Waals surface area contributed by atoms with Crippen LogP contribution in [0.4, 0.5) is 0 Å². The van der Waals surface area contributed by atoms with Crippen molar-refractivity contribution in [1.29, 1.82) is 0 Å². The monoisotopic (exact) mass is 242 g/mol. The lowest BCUT2D eigenvalue weighted by Gasteiger charge is -2.28. The molecule has 0 saturated heterocycles. The minimum atomic E-state index is 0.00171. The Labute approximate surface area is 103 Å². The Kier molecular flexibility index (Phi) is 9.44. The van der Waals surface area contributed by atoms with Gasteiger partial charge in [-0.3, -0.25) is 10.1 Å². The summed E-state index contributed by atoms with van der Waals surface area (Å²) < 4.78 is 10.0. The van der Waals surface area contributed by atoms with Gasteiger partial charge in [-0.2, -0.15) is 0 Å². The SMILES string of the molecule is C#CCNCC(=O)N(CCOC)C(C)COC. The minimum Gasteiger partial charge on any atom is -0.383 e. The highest BCUT2D eigenvalue weighted by atomic mass is 16.5. The molecule has 1 atom stereocenters. The van der Waals surface area contributed by atoms with Gasteiger partial charge in [-0.25, -0.2) is 0 Å². The molecule has 98 valence electrons. The van der Waals surface area contributed by atoms with Crippen LogP contribution in [0.15, 0.2) is 0 Å². The zero-order valence-corrected chi connectivity index (χ0v) is 10.9. The van der Waals surface area contributed by atoms with E-state index >= 15 is 0 Å². The van der Waals surface area contributed by atoms with Crippen molar-refractivity contribution in [3.63, 3.8) is 0 Å². The van der Waals surface area contributed by atoms with Crippen molar-refractivity contribution in [1.82, 2.24) is 10.2 Å². The van der Waals surface area contributed by atoms with Gasteiger partial charge in [0.05, 0.1) is 32.3 Å². The smallest absolute Gasteiger partial charge is 0.236 e. The fourth-order valence-electron chi connectivity index (χ4n) is 1.45. The van der Waals surface area contributed by atoms with Crippen LogP contribution in [0, 0.1) is 12.3 Å². The molecule has 0 saturated carbocycles. The van der Waals surface area contributed by atoms with E-state index in [1.165, 1.54) is 0 Å². The second-order valence-electron chi connectivity index (χ2n) is 3.69. The third-order valence-electron chi connectivity index (χ3n) is 2.30. The van der Waals surface area contributed by atoms with Crippen LogP contribution in [0.3, 0.4) is 0 Å². The normalized spacial score (nSPS) is 11.9. The number of hydrogen-bond acceptors (Lipinski definition) is 4. The Morgan fingerprint density at radius 3 is 2.71 bits per heavy atom. The molecule has 5 nitrogen and oxygen atoms in total. The highest BCUT2D eigenvalue weighted by Gasteiger charge is 2.18. The lowest BCUT2D eigenvalue weighted by atomic mass is 10.3. The van der Waals surface area contributed by atoms with E-state index in [-0.39, 0.29) is 18.5 Å². The maximum atomic E-state index is 11.9. The largest absolute Gasteiger partial charge is 0.383 e. The lowest BCUT2D eigenvalue weighted by molar-refractivity contribution is -0.134. The average Bonchev–Trinajstić information content (AvgIpc) is 2.30. The van der Waals surface area contributed by atoms with Gasteiger partial charge in [-0.15, -0.1) is 6.42 Å². The Hall–Kier alpha value is -1.09. The van der Waals surface area contributed by atoms with Crippen molar-refractivity contribution in [2.24, 2.45) is 0 Å². The standard InChI is InChI=1S/C12H22N2O3/c1-5-6-13-9-12(15)14(7-8-16-3)11(2)10-17-4/h1,11,13H,6-10H2,2-4H3. The van der Waals surface area contributed by atoms with Crippen molar-refractivity contribution in [3.05, 3.63) is 0 Å². The maximum absolute atomic E-state index is 11.9. The molecule has 1 amide bonds. The highest BCUT2D eigenvalue weighted by Crippen LogP contribution is 2.00. The third kappa shape index (κ3) is 6.95. The van der Waals surface area contributed by atoms with Crippen molar-refractivity contribution in [3.8, 4) is 12.3 Å². The van der Waals surface area contributed by atoms with Crippen LogP contribution in [-0.4, -0.2) is 63.9 Å². The fourth-order valence-corrected chi connectivity index (χ4v) is 1.45. The second-order valence-corrected chi connectivity index (χ2v) is 3.69. The molecular weight excluding hydrogens is 220 g/mol. The molecule has 0 heterocycles. The predicted octanol–water partition coefficient (Wildman–Crippen LogP) is -0.281. The van der Waals surface area contributed by atoms with Gasteiger partial charge in [0.1, 0.15) is 0 Å². The Morgan fingerprint density at radius 2 is 2.18 bits per heavy atom. The molecule has 5 heteroatoms. The van der Waals surface area contributed by atoms with E-state index in [4.69, 9.17) is 15.9 Å². The van der Waals surface area contributed by atoms with Crippen LogP contribution >= 0.6 is 0 Å². The number of terminal acetylenes is 1. The number of hydrogen-bond donors (Lipinski definition) is 1. The molecular formula is C12H22N2O3. The zero-order chi connectivity index (χ0) is 13.1. The average molecular weight is 242 g/mol. The molecule has 0 spiro atoms. The molecule has 17 heavy (non-hydrogen) atoms. The molecule has 0 fully saturated rings. The Balaban J connectivity index is 4.24. The molecule has 0 aliphatic rings. The fraction of sp³-hybridized carbons (Fsp3) is 0.750. The molecule has 0 aliphatic heterocycles. The second kappa shape index (κ2) is 10.1. The van der Waals surface area contributed by atoms with Gasteiger partial charge in [0.2, 0.25) is 5.91 Å². The summed E-state index contributed by atoms with van der Waals surface area (Å²) >= 11 is 0. The number of methoxy groups -OCH3 is 2. The van der Waals surface area contributed by atoms with Crippen LogP contribution in [0.5, 0.6) is 0 Å². The summed E-state index contributed by atoms with van der Waals surface area (Å²) in [7, 11) is 3.23. The van der Waals surface area contributed by atoms with Gasteiger partial charge < -0.3 is 14.4 Å². The van der Waals surface area contributed by atoms with Crippen molar-refractivity contribution >= 4 is 5.91 Å². The van der Waals surface area contributed by atoms with Crippen LogP contribution in [0.25, 0.3) is 0 Å². The van der Waals surface area contributed by atoms with Gasteiger partial charge in [-0.1, -0.05) is 5.92 Å². The Bertz CT molecular complexity index is 251. The van der Waals surface area contributed by atoms with Gasteiger partial charge in [0, 0.05) is 20.8 Å². The number of ether oxygens (including phenoxy) is 2. The summed E-state index contributed by atoms with van der Waals surface area (Å²) in [5.74, 6) is 2.43. The van der Waals surface area contributed by atoms with Gasteiger partial charge >= 0.3 is 0 Å². The van der Waals surface area contributed by atoms with E-state index in [1.54, 1.807) is 19.1 Å². The summed E-state index contributed by atoms with van der Waals surface area (Å²) in [4.78, 5) is 13.7. The van der Waals surface area contributed by atoms with Crippen molar-refractivity contribution < 1.29 is 14.3 Å². The molecule has 0 bridgehead atoms. The minimum absolute atomic E-state index is 0.00171. The van der Waals surface area contributed by atoms with E-state index in [9.17, 15) is 4.79 Å². The lowest BCUT2D eigenvalue weighted by Crippen LogP contribution is -2.46. The van der Waals surface area contributed by atoms with E-state index in [0.29, 0.717) is 26.3 Å². The number of rotatable bonds is 9. The third-order valence-corrected chi connectivity index (χ3v) is 2.30. The van der Waals surface area contributed by atoms with Gasteiger partial charge in [-0.05, 0) is 6.92 Å². The molecule has 1 unspecified atom stereocenters.